The Morgan fingerprint density at radius 2 is 1.97 bits per heavy atom. The molecule has 1 unspecified atom stereocenters. The molecule has 1 aliphatic carbocycles. The average Bonchev–Trinajstić information content (AvgIpc) is 3.43. The van der Waals surface area contributed by atoms with Gasteiger partial charge >= 0.3 is 0 Å². The Morgan fingerprint density at radius 1 is 1.10 bits per heavy atom. The predicted molar refractivity (Wildman–Crippen MR) is 110 cm³/mol. The summed E-state index contributed by atoms with van der Waals surface area (Å²) in [6.45, 7) is 2.19. The summed E-state index contributed by atoms with van der Waals surface area (Å²) in [5.41, 5.74) is 1.89. The number of hydrogen-bond donors (Lipinski definition) is 0. The van der Waals surface area contributed by atoms with Gasteiger partial charge < -0.3 is 4.90 Å². The third-order valence-corrected chi connectivity index (χ3v) is 6.07. The van der Waals surface area contributed by atoms with Crippen molar-refractivity contribution >= 4 is 5.82 Å². The van der Waals surface area contributed by atoms with Gasteiger partial charge in [0.2, 0.25) is 0 Å². The second-order valence-corrected chi connectivity index (χ2v) is 7.72. The molecule has 0 amide bonds. The molecule has 0 saturated heterocycles. The van der Waals surface area contributed by atoms with Crippen LogP contribution in [0.1, 0.15) is 44.5 Å². The van der Waals surface area contributed by atoms with Crippen molar-refractivity contribution in [3.8, 4) is 23.0 Å². The number of fused-ring (bicyclic) bond motifs is 3. The van der Waals surface area contributed by atoms with Crippen LogP contribution >= 0.6 is 0 Å². The van der Waals surface area contributed by atoms with Gasteiger partial charge in [-0.25, -0.2) is 9.97 Å². The highest BCUT2D eigenvalue weighted by Crippen LogP contribution is 2.43. The van der Waals surface area contributed by atoms with Gasteiger partial charge in [0.1, 0.15) is 18.3 Å². The summed E-state index contributed by atoms with van der Waals surface area (Å²) in [5, 5.41) is 13.0. The van der Waals surface area contributed by atoms with Crippen LogP contribution in [-0.2, 0) is 0 Å². The first-order valence-electron chi connectivity index (χ1n) is 10.4. The minimum absolute atomic E-state index is 0.150. The number of nitrogens with zero attached hydrogens (tertiary/aromatic N) is 9. The lowest BCUT2D eigenvalue weighted by Gasteiger charge is -2.45. The summed E-state index contributed by atoms with van der Waals surface area (Å²) in [5.74, 6) is 3.11. The van der Waals surface area contributed by atoms with Gasteiger partial charge in [0.05, 0.1) is 12.2 Å². The van der Waals surface area contributed by atoms with Gasteiger partial charge in [0, 0.05) is 11.6 Å². The van der Waals surface area contributed by atoms with Crippen LogP contribution in [0.25, 0.3) is 23.0 Å². The fourth-order valence-corrected chi connectivity index (χ4v) is 4.39. The Hall–Kier alpha value is -3.62. The summed E-state index contributed by atoms with van der Waals surface area (Å²) in [6.07, 6.45) is 9.66. The largest absolute Gasteiger partial charge is 0.341 e. The number of hydrogen-bond acceptors (Lipinski definition) is 7. The minimum Gasteiger partial charge on any atom is -0.341 e. The van der Waals surface area contributed by atoms with Gasteiger partial charge in [0.15, 0.2) is 17.5 Å². The maximum atomic E-state index is 5.00. The first-order chi connectivity index (χ1) is 14.8. The fourth-order valence-electron chi connectivity index (χ4n) is 4.39. The van der Waals surface area contributed by atoms with Crippen LogP contribution in [0.15, 0.2) is 49.2 Å². The Balaban J connectivity index is 1.51. The van der Waals surface area contributed by atoms with E-state index < -0.39 is 0 Å². The zero-order chi connectivity index (χ0) is 20.1. The van der Waals surface area contributed by atoms with Crippen LogP contribution < -0.4 is 4.90 Å². The summed E-state index contributed by atoms with van der Waals surface area (Å²) in [4.78, 5) is 16.5. The van der Waals surface area contributed by atoms with E-state index in [1.807, 2.05) is 41.1 Å². The first kappa shape index (κ1) is 17.3. The molecule has 4 heterocycles. The quantitative estimate of drug-likeness (QED) is 0.521. The highest BCUT2D eigenvalue weighted by Gasteiger charge is 2.39. The molecule has 0 radical (unpaired) electrons. The topological polar surface area (TPSA) is 90.4 Å². The normalized spacial score (nSPS) is 18.0. The van der Waals surface area contributed by atoms with Crippen LogP contribution in [-0.4, -0.2) is 45.5 Å². The van der Waals surface area contributed by atoms with Crippen LogP contribution in [0, 0.1) is 0 Å². The number of benzene rings is 1. The van der Waals surface area contributed by atoms with Crippen molar-refractivity contribution in [2.75, 3.05) is 4.90 Å². The van der Waals surface area contributed by atoms with Crippen molar-refractivity contribution < 1.29 is 0 Å². The second-order valence-electron chi connectivity index (χ2n) is 7.72. The van der Waals surface area contributed by atoms with Crippen molar-refractivity contribution in [3.05, 3.63) is 55.0 Å². The highest BCUT2D eigenvalue weighted by atomic mass is 15.4. The zero-order valence-electron chi connectivity index (χ0n) is 16.6. The Morgan fingerprint density at radius 3 is 2.73 bits per heavy atom. The van der Waals surface area contributed by atoms with E-state index in [0.717, 1.165) is 35.1 Å². The lowest BCUT2D eigenvalue weighted by molar-refractivity contribution is 0.341. The molecule has 0 spiro atoms. The Labute approximate surface area is 173 Å². The fraction of sp³-hybridized carbons (Fsp3) is 0.333. The monoisotopic (exact) mass is 399 g/mol. The van der Waals surface area contributed by atoms with E-state index in [9.17, 15) is 0 Å². The van der Waals surface area contributed by atoms with Crippen molar-refractivity contribution in [2.45, 2.75) is 44.7 Å². The van der Waals surface area contributed by atoms with Gasteiger partial charge in [-0.2, -0.15) is 14.8 Å². The molecule has 30 heavy (non-hydrogen) atoms. The molecule has 0 N–H and O–H groups in total. The average molecular weight is 399 g/mol. The predicted octanol–water partition coefficient (Wildman–Crippen LogP) is 3.13. The van der Waals surface area contributed by atoms with Gasteiger partial charge in [-0.3, -0.25) is 4.57 Å². The zero-order valence-corrected chi connectivity index (χ0v) is 16.6. The highest BCUT2D eigenvalue weighted by molar-refractivity contribution is 5.63. The molecular weight excluding hydrogens is 378 g/mol. The van der Waals surface area contributed by atoms with Gasteiger partial charge in [-0.15, -0.1) is 10.2 Å². The van der Waals surface area contributed by atoms with Crippen LogP contribution in [0.5, 0.6) is 0 Å². The van der Waals surface area contributed by atoms with E-state index >= 15 is 0 Å². The standard InChI is InChI=1S/C21H21N9/c1-2-16-20-27-24-13-28(20)17-11-22-21(26-19(17)29(16)15-9-6-10-15)30-18(23-12-25-30)14-7-4-3-5-8-14/h3-5,7-8,11-13,15-16H,2,6,9-10H2,1H3. The summed E-state index contributed by atoms with van der Waals surface area (Å²) in [7, 11) is 0. The molecule has 6 rings (SSSR count). The van der Waals surface area contributed by atoms with Crippen molar-refractivity contribution in [1.82, 2.24) is 39.5 Å². The third-order valence-electron chi connectivity index (χ3n) is 6.07. The number of rotatable bonds is 4. The molecule has 4 aromatic rings. The smallest absolute Gasteiger partial charge is 0.254 e. The SMILES string of the molecule is CCC1c2nncn2-c2cnc(-n3ncnc3-c3ccccc3)nc2N1C1CCC1. The van der Waals surface area contributed by atoms with Crippen LogP contribution in [0.3, 0.4) is 0 Å². The Bertz CT molecular complexity index is 1190. The van der Waals surface area contributed by atoms with E-state index in [1.165, 1.54) is 19.3 Å². The van der Waals surface area contributed by atoms with E-state index in [-0.39, 0.29) is 6.04 Å². The van der Waals surface area contributed by atoms with Crippen molar-refractivity contribution in [2.24, 2.45) is 0 Å². The third kappa shape index (κ3) is 2.47. The van der Waals surface area contributed by atoms with E-state index in [4.69, 9.17) is 4.98 Å². The molecule has 3 aromatic heterocycles. The van der Waals surface area contributed by atoms with E-state index in [0.29, 0.717) is 12.0 Å². The van der Waals surface area contributed by atoms with Gasteiger partial charge in [-0.05, 0) is 25.7 Å². The van der Waals surface area contributed by atoms with Crippen molar-refractivity contribution in [1.29, 1.82) is 0 Å². The molecule has 0 bridgehead atoms. The molecule has 1 fully saturated rings. The molecule has 9 heteroatoms. The molecule has 1 atom stereocenters. The molecular formula is C21H21N9. The minimum atomic E-state index is 0.150. The summed E-state index contributed by atoms with van der Waals surface area (Å²) < 4.78 is 3.72. The molecule has 9 nitrogen and oxygen atoms in total. The summed E-state index contributed by atoms with van der Waals surface area (Å²) >= 11 is 0. The lowest BCUT2D eigenvalue weighted by atomic mass is 9.89. The maximum Gasteiger partial charge on any atom is 0.254 e. The maximum absolute atomic E-state index is 5.00. The van der Waals surface area contributed by atoms with Gasteiger partial charge in [0.25, 0.3) is 5.95 Å². The second kappa shape index (κ2) is 6.72. The van der Waals surface area contributed by atoms with Crippen LogP contribution in [0.2, 0.25) is 0 Å². The molecule has 1 aliphatic heterocycles. The van der Waals surface area contributed by atoms with E-state index in [1.54, 1.807) is 17.3 Å². The molecule has 1 saturated carbocycles. The number of aromatic nitrogens is 8. The van der Waals surface area contributed by atoms with Crippen molar-refractivity contribution in [3.63, 3.8) is 0 Å². The van der Waals surface area contributed by atoms with Crippen LogP contribution in [0.4, 0.5) is 5.82 Å². The molecule has 1 aromatic carbocycles. The lowest BCUT2D eigenvalue weighted by Crippen LogP contribution is -2.46. The first-order valence-corrected chi connectivity index (χ1v) is 10.4. The summed E-state index contributed by atoms with van der Waals surface area (Å²) in [6, 6.07) is 10.6. The molecule has 150 valence electrons. The Kier molecular flexibility index (Phi) is 3.87. The molecule has 2 aliphatic rings. The number of anilines is 1. The van der Waals surface area contributed by atoms with Gasteiger partial charge in [-0.1, -0.05) is 37.3 Å². The van der Waals surface area contributed by atoms with E-state index in [2.05, 4.69) is 37.1 Å².